The van der Waals surface area contributed by atoms with E-state index in [0.717, 1.165) is 58.0 Å². The molecule has 1 aliphatic carbocycles. The van der Waals surface area contributed by atoms with Gasteiger partial charge in [0.2, 0.25) is 5.91 Å². The van der Waals surface area contributed by atoms with Gasteiger partial charge in [-0.1, -0.05) is 19.3 Å². The van der Waals surface area contributed by atoms with E-state index in [1.807, 2.05) is 4.90 Å². The van der Waals surface area contributed by atoms with Gasteiger partial charge in [-0.25, -0.2) is 4.79 Å². The fourth-order valence-electron chi connectivity index (χ4n) is 4.57. The molecule has 0 aromatic carbocycles. The number of piperidine rings is 1. The van der Waals surface area contributed by atoms with Crippen LogP contribution in [0.25, 0.3) is 0 Å². The largest absolute Gasteiger partial charge is 0.481 e. The van der Waals surface area contributed by atoms with Crippen LogP contribution < -0.4 is 5.32 Å². The zero-order chi connectivity index (χ0) is 18.6. The van der Waals surface area contributed by atoms with Gasteiger partial charge in [0.15, 0.2) is 0 Å². The van der Waals surface area contributed by atoms with Crippen LogP contribution in [0.15, 0.2) is 0 Å². The molecule has 0 aromatic heterocycles. The van der Waals surface area contributed by atoms with Gasteiger partial charge in [-0.2, -0.15) is 0 Å². The van der Waals surface area contributed by atoms with E-state index in [1.165, 1.54) is 0 Å². The van der Waals surface area contributed by atoms with E-state index in [4.69, 9.17) is 0 Å². The molecule has 2 N–H and O–H groups in total. The first-order chi connectivity index (χ1) is 12.5. The van der Waals surface area contributed by atoms with Crippen molar-refractivity contribution in [1.29, 1.82) is 0 Å². The lowest BCUT2D eigenvalue weighted by Crippen LogP contribution is -2.51. The third-order valence-electron chi connectivity index (χ3n) is 6.30. The van der Waals surface area contributed by atoms with Gasteiger partial charge in [0.25, 0.3) is 0 Å². The Hall–Kier alpha value is -1.79. The highest BCUT2D eigenvalue weighted by molar-refractivity contribution is 5.82. The van der Waals surface area contributed by atoms with Crippen molar-refractivity contribution in [2.24, 2.45) is 11.3 Å². The first-order valence-electron chi connectivity index (χ1n) is 10.1. The molecule has 146 valence electrons. The SMILES string of the molecule is O=C(NCC1(C(=O)O)CCCCC1)C1CCCN(C(=O)N2CCCC2)C1. The number of urea groups is 1. The molecule has 0 bridgehead atoms. The number of likely N-dealkylation sites (tertiary alicyclic amines) is 2. The zero-order valence-electron chi connectivity index (χ0n) is 15.5. The summed E-state index contributed by atoms with van der Waals surface area (Å²) in [5.41, 5.74) is -0.812. The average Bonchev–Trinajstić information content (AvgIpc) is 3.21. The summed E-state index contributed by atoms with van der Waals surface area (Å²) >= 11 is 0. The Morgan fingerprint density at radius 3 is 2.23 bits per heavy atom. The van der Waals surface area contributed by atoms with Crippen LogP contribution >= 0.6 is 0 Å². The number of hydrogen-bond donors (Lipinski definition) is 2. The van der Waals surface area contributed by atoms with E-state index in [-0.39, 0.29) is 24.4 Å². The van der Waals surface area contributed by atoms with Crippen molar-refractivity contribution >= 4 is 17.9 Å². The predicted molar refractivity (Wildman–Crippen MR) is 96.7 cm³/mol. The van der Waals surface area contributed by atoms with E-state index in [9.17, 15) is 19.5 Å². The van der Waals surface area contributed by atoms with E-state index in [2.05, 4.69) is 5.32 Å². The molecule has 2 saturated heterocycles. The van der Waals surface area contributed by atoms with Crippen LogP contribution in [-0.4, -0.2) is 65.5 Å². The molecule has 1 saturated carbocycles. The standard InChI is InChI=1S/C19H31N3O4/c23-16(20-14-19(17(24)25)8-2-1-3-9-19)15-7-6-12-22(13-15)18(26)21-10-4-5-11-21/h15H,1-14H2,(H,20,23)(H,24,25). The fourth-order valence-corrected chi connectivity index (χ4v) is 4.57. The second-order valence-corrected chi connectivity index (χ2v) is 8.13. The van der Waals surface area contributed by atoms with Crippen molar-refractivity contribution < 1.29 is 19.5 Å². The van der Waals surface area contributed by atoms with Crippen molar-refractivity contribution in [3.63, 3.8) is 0 Å². The fraction of sp³-hybridized carbons (Fsp3) is 0.842. The Bertz CT molecular complexity index is 539. The minimum atomic E-state index is -0.812. The van der Waals surface area contributed by atoms with E-state index in [0.29, 0.717) is 25.9 Å². The molecule has 7 nitrogen and oxygen atoms in total. The molecule has 3 amide bonds. The van der Waals surface area contributed by atoms with E-state index < -0.39 is 11.4 Å². The number of carbonyl (C=O) groups excluding carboxylic acids is 2. The third-order valence-corrected chi connectivity index (χ3v) is 6.30. The first-order valence-corrected chi connectivity index (χ1v) is 10.1. The van der Waals surface area contributed by atoms with Gasteiger partial charge < -0.3 is 20.2 Å². The molecule has 0 spiro atoms. The minimum Gasteiger partial charge on any atom is -0.481 e. The van der Waals surface area contributed by atoms with Crippen LogP contribution in [0.5, 0.6) is 0 Å². The number of carboxylic acids is 1. The van der Waals surface area contributed by atoms with E-state index in [1.54, 1.807) is 4.90 Å². The summed E-state index contributed by atoms with van der Waals surface area (Å²) in [7, 11) is 0. The second-order valence-electron chi connectivity index (χ2n) is 8.13. The monoisotopic (exact) mass is 365 g/mol. The molecule has 1 unspecified atom stereocenters. The molecular formula is C19H31N3O4. The van der Waals surface area contributed by atoms with Gasteiger partial charge in [-0.05, 0) is 38.5 Å². The van der Waals surface area contributed by atoms with Crippen molar-refractivity contribution in [3.8, 4) is 0 Å². The van der Waals surface area contributed by atoms with Gasteiger partial charge in [-0.15, -0.1) is 0 Å². The first kappa shape index (κ1) is 19.0. The van der Waals surface area contributed by atoms with Crippen LogP contribution in [-0.2, 0) is 9.59 Å². The number of carbonyl (C=O) groups is 3. The summed E-state index contributed by atoms with van der Waals surface area (Å²) < 4.78 is 0. The number of aliphatic carboxylic acids is 1. The molecule has 3 aliphatic rings. The summed E-state index contributed by atoms with van der Waals surface area (Å²) in [5.74, 6) is -1.13. The van der Waals surface area contributed by atoms with Gasteiger partial charge in [0.1, 0.15) is 0 Å². The number of nitrogens with zero attached hydrogens (tertiary/aromatic N) is 2. The Morgan fingerprint density at radius 2 is 1.58 bits per heavy atom. The van der Waals surface area contributed by atoms with Gasteiger partial charge >= 0.3 is 12.0 Å². The molecule has 2 heterocycles. The van der Waals surface area contributed by atoms with Crippen molar-refractivity contribution in [1.82, 2.24) is 15.1 Å². The quantitative estimate of drug-likeness (QED) is 0.798. The van der Waals surface area contributed by atoms with Crippen LogP contribution in [0.1, 0.15) is 57.8 Å². The number of rotatable bonds is 4. The maximum Gasteiger partial charge on any atom is 0.320 e. The lowest BCUT2D eigenvalue weighted by molar-refractivity contribution is -0.151. The lowest BCUT2D eigenvalue weighted by atomic mass is 9.74. The Labute approximate surface area is 155 Å². The smallest absolute Gasteiger partial charge is 0.320 e. The summed E-state index contributed by atoms with van der Waals surface area (Å²) in [6.07, 6.45) is 7.84. The molecule has 3 rings (SSSR count). The average molecular weight is 365 g/mol. The normalized spacial score (nSPS) is 25.8. The summed E-state index contributed by atoms with van der Waals surface area (Å²) in [4.78, 5) is 40.6. The van der Waals surface area contributed by atoms with Crippen molar-refractivity contribution in [2.45, 2.75) is 57.8 Å². The minimum absolute atomic E-state index is 0.0503. The molecule has 2 aliphatic heterocycles. The third kappa shape index (κ3) is 4.13. The second kappa shape index (κ2) is 8.27. The predicted octanol–water partition coefficient (Wildman–Crippen LogP) is 2.07. The van der Waals surface area contributed by atoms with Crippen molar-refractivity contribution in [2.75, 3.05) is 32.7 Å². The highest BCUT2D eigenvalue weighted by Crippen LogP contribution is 2.36. The Kier molecular flexibility index (Phi) is 6.04. The van der Waals surface area contributed by atoms with Crippen LogP contribution in [0, 0.1) is 11.3 Å². The molecule has 0 aromatic rings. The molecule has 0 radical (unpaired) electrons. The molecule has 7 heteroatoms. The number of carboxylic acid groups (broad SMARTS) is 1. The topological polar surface area (TPSA) is 90.0 Å². The molecular weight excluding hydrogens is 334 g/mol. The maximum absolute atomic E-state index is 12.6. The highest BCUT2D eigenvalue weighted by atomic mass is 16.4. The zero-order valence-corrected chi connectivity index (χ0v) is 15.5. The van der Waals surface area contributed by atoms with Gasteiger partial charge in [0.05, 0.1) is 11.3 Å². The van der Waals surface area contributed by atoms with Crippen LogP contribution in [0.3, 0.4) is 0 Å². The highest BCUT2D eigenvalue weighted by Gasteiger charge is 2.40. The molecule has 26 heavy (non-hydrogen) atoms. The number of nitrogens with one attached hydrogen (secondary N) is 1. The van der Waals surface area contributed by atoms with Crippen LogP contribution in [0.4, 0.5) is 4.79 Å². The Morgan fingerprint density at radius 1 is 0.923 bits per heavy atom. The van der Waals surface area contributed by atoms with E-state index >= 15 is 0 Å². The van der Waals surface area contributed by atoms with Gasteiger partial charge in [0, 0.05) is 32.7 Å². The lowest BCUT2D eigenvalue weighted by Gasteiger charge is -2.36. The summed E-state index contributed by atoms with van der Waals surface area (Å²) in [6, 6.07) is 0.0503. The Balaban J connectivity index is 1.53. The number of hydrogen-bond acceptors (Lipinski definition) is 3. The van der Waals surface area contributed by atoms with Crippen LogP contribution in [0.2, 0.25) is 0 Å². The van der Waals surface area contributed by atoms with Gasteiger partial charge in [-0.3, -0.25) is 9.59 Å². The summed E-state index contributed by atoms with van der Waals surface area (Å²) in [5, 5.41) is 12.5. The molecule has 3 fully saturated rings. The van der Waals surface area contributed by atoms with Crippen molar-refractivity contribution in [3.05, 3.63) is 0 Å². The molecule has 1 atom stereocenters. The number of amides is 3. The maximum atomic E-state index is 12.6. The summed E-state index contributed by atoms with van der Waals surface area (Å²) in [6.45, 7) is 2.98.